The maximum atomic E-state index is 10.2. The molecule has 0 spiro atoms. The van der Waals surface area contributed by atoms with E-state index < -0.39 is 19.6 Å². The van der Waals surface area contributed by atoms with E-state index >= 15 is 0 Å². The maximum absolute atomic E-state index is 10.2. The molecule has 4 aliphatic carbocycles. The van der Waals surface area contributed by atoms with Gasteiger partial charge in [-0.2, -0.15) is 0 Å². The van der Waals surface area contributed by atoms with Gasteiger partial charge < -0.3 is 5.11 Å². The zero-order valence-corrected chi connectivity index (χ0v) is 18.3. The highest BCUT2D eigenvalue weighted by Gasteiger charge is 2.59. The van der Waals surface area contributed by atoms with Gasteiger partial charge in [0.15, 0.2) is 0 Å². The highest BCUT2D eigenvalue weighted by atomic mass is 16.3. The van der Waals surface area contributed by atoms with E-state index in [2.05, 4.69) is 26.8 Å². The molecule has 0 saturated heterocycles. The van der Waals surface area contributed by atoms with E-state index in [-0.39, 0.29) is 17.9 Å². The first-order valence-electron chi connectivity index (χ1n) is 15.1. The molecular formula is C27H46O. The third-order valence-electron chi connectivity index (χ3n) is 9.99. The molecule has 0 aromatic heterocycles. The molecule has 0 aromatic carbocycles. The van der Waals surface area contributed by atoms with E-state index in [0.717, 1.165) is 43.4 Å². The number of fused-ring (bicyclic) bond motifs is 5. The summed E-state index contributed by atoms with van der Waals surface area (Å²) in [4.78, 5) is 0. The summed E-state index contributed by atoms with van der Waals surface area (Å²) in [5.74, 6) is 2.16. The second kappa shape index (κ2) is 7.75. The van der Waals surface area contributed by atoms with Crippen LogP contribution in [0.2, 0.25) is 0 Å². The van der Waals surface area contributed by atoms with E-state index in [1.807, 2.05) is 0 Å². The first-order chi connectivity index (χ1) is 15.7. The maximum Gasteiger partial charge on any atom is 0.0577 e. The van der Waals surface area contributed by atoms with Crippen molar-refractivity contribution in [1.29, 1.82) is 0 Å². The van der Waals surface area contributed by atoms with Crippen LogP contribution < -0.4 is 0 Å². The summed E-state index contributed by atoms with van der Waals surface area (Å²) in [5, 5.41) is 10.2. The average molecular weight is 393 g/mol. The SMILES string of the molecule is [2H]C([2H])([2H])C(CCC[C@@H](C)C1CCC2C3CC=C4C[C@@H](O)CC[C@]4(C)C3CC[C@@]21C)C([2H])([2H])[2H]. The van der Waals surface area contributed by atoms with Gasteiger partial charge in [0.25, 0.3) is 0 Å². The highest BCUT2D eigenvalue weighted by molar-refractivity contribution is 5.25. The van der Waals surface area contributed by atoms with Crippen LogP contribution in [0.25, 0.3) is 0 Å². The van der Waals surface area contributed by atoms with E-state index in [4.69, 9.17) is 8.22 Å². The van der Waals surface area contributed by atoms with Gasteiger partial charge in [0.05, 0.1) is 6.10 Å². The first-order valence-corrected chi connectivity index (χ1v) is 12.1. The molecule has 0 amide bonds. The molecule has 0 aromatic rings. The van der Waals surface area contributed by atoms with Gasteiger partial charge in [-0.3, -0.25) is 0 Å². The Balaban J connectivity index is 1.42. The number of aliphatic hydroxyl groups is 1. The van der Waals surface area contributed by atoms with Gasteiger partial charge in [-0.05, 0) is 97.7 Å². The Morgan fingerprint density at radius 2 is 1.93 bits per heavy atom. The molecule has 1 nitrogen and oxygen atoms in total. The fraction of sp³-hybridized carbons (Fsp3) is 0.926. The van der Waals surface area contributed by atoms with Crippen LogP contribution in [-0.2, 0) is 0 Å². The van der Waals surface area contributed by atoms with Crippen LogP contribution in [0, 0.1) is 46.3 Å². The molecule has 0 bridgehead atoms. The predicted octanol–water partition coefficient (Wildman–Crippen LogP) is 7.39. The molecule has 4 aliphatic rings. The third kappa shape index (κ3) is 3.42. The Kier molecular flexibility index (Phi) is 4.06. The van der Waals surface area contributed by atoms with Gasteiger partial charge >= 0.3 is 0 Å². The minimum Gasteiger partial charge on any atom is -0.393 e. The molecule has 3 saturated carbocycles. The van der Waals surface area contributed by atoms with Crippen molar-refractivity contribution in [1.82, 2.24) is 0 Å². The minimum atomic E-state index is -2.42. The largest absolute Gasteiger partial charge is 0.393 e. The van der Waals surface area contributed by atoms with Gasteiger partial charge in [0.2, 0.25) is 0 Å². The molecule has 4 rings (SSSR count). The number of hydrogen-bond donors (Lipinski definition) is 1. The molecule has 1 heteroatoms. The molecule has 28 heavy (non-hydrogen) atoms. The summed E-state index contributed by atoms with van der Waals surface area (Å²) in [6.45, 7) is 2.49. The van der Waals surface area contributed by atoms with Gasteiger partial charge in [-0.25, -0.2) is 0 Å². The normalized spacial score (nSPS) is 50.6. The molecule has 0 radical (unpaired) electrons. The second-order valence-electron chi connectivity index (χ2n) is 11.3. The Morgan fingerprint density at radius 3 is 2.71 bits per heavy atom. The zero-order chi connectivity index (χ0) is 25.1. The molecule has 1 N–H and O–H groups in total. The van der Waals surface area contributed by atoms with Gasteiger partial charge in [0.1, 0.15) is 0 Å². The summed E-state index contributed by atoms with van der Waals surface area (Å²) < 4.78 is 46.1. The van der Waals surface area contributed by atoms with Crippen molar-refractivity contribution in [3.8, 4) is 0 Å². The molecule has 0 aliphatic heterocycles. The van der Waals surface area contributed by atoms with Crippen molar-refractivity contribution >= 4 is 0 Å². The lowest BCUT2D eigenvalue weighted by Gasteiger charge is -2.58. The van der Waals surface area contributed by atoms with Crippen molar-refractivity contribution in [3.05, 3.63) is 11.6 Å². The van der Waals surface area contributed by atoms with Gasteiger partial charge in [-0.15, -0.1) is 0 Å². The van der Waals surface area contributed by atoms with Crippen molar-refractivity contribution in [2.45, 2.75) is 111 Å². The number of hydrogen-bond acceptors (Lipinski definition) is 1. The minimum absolute atomic E-state index is 0.156. The van der Waals surface area contributed by atoms with E-state index in [0.29, 0.717) is 23.7 Å². The quantitative estimate of drug-likeness (QED) is 0.484. The van der Waals surface area contributed by atoms with E-state index in [9.17, 15) is 5.11 Å². The summed E-state index contributed by atoms with van der Waals surface area (Å²) >= 11 is 0. The topological polar surface area (TPSA) is 20.2 Å². The number of aliphatic hydroxyl groups excluding tert-OH is 1. The zero-order valence-electron chi connectivity index (χ0n) is 24.3. The Hall–Kier alpha value is -0.300. The van der Waals surface area contributed by atoms with Crippen LogP contribution in [0.1, 0.15) is 113 Å². The molecule has 160 valence electrons. The fourth-order valence-corrected chi connectivity index (χ4v) is 8.46. The summed E-state index contributed by atoms with van der Waals surface area (Å²) in [6, 6.07) is 0. The van der Waals surface area contributed by atoms with E-state index in [1.54, 1.807) is 0 Å². The molecule has 3 fully saturated rings. The monoisotopic (exact) mass is 392 g/mol. The molecule has 4 unspecified atom stereocenters. The summed E-state index contributed by atoms with van der Waals surface area (Å²) in [5.41, 5.74) is 2.13. The Bertz CT molecular complexity index is 758. The lowest BCUT2D eigenvalue weighted by atomic mass is 9.47. The fourth-order valence-electron chi connectivity index (χ4n) is 8.46. The van der Waals surface area contributed by atoms with Crippen LogP contribution in [-0.4, -0.2) is 11.2 Å². The lowest BCUT2D eigenvalue weighted by molar-refractivity contribution is -0.0573. The smallest absolute Gasteiger partial charge is 0.0577 e. The Labute approximate surface area is 183 Å². The van der Waals surface area contributed by atoms with Crippen molar-refractivity contribution < 1.29 is 13.3 Å². The molecular weight excluding hydrogens is 340 g/mol. The Morgan fingerprint density at radius 1 is 1.11 bits per heavy atom. The van der Waals surface area contributed by atoms with Crippen LogP contribution in [0.5, 0.6) is 0 Å². The third-order valence-corrected chi connectivity index (χ3v) is 9.99. The van der Waals surface area contributed by atoms with Gasteiger partial charge in [0, 0.05) is 8.22 Å². The van der Waals surface area contributed by atoms with Crippen molar-refractivity contribution in [2.24, 2.45) is 46.3 Å². The van der Waals surface area contributed by atoms with Crippen LogP contribution >= 0.6 is 0 Å². The molecule has 8 atom stereocenters. The lowest BCUT2D eigenvalue weighted by Crippen LogP contribution is -2.50. The summed E-state index contributed by atoms with van der Waals surface area (Å²) in [7, 11) is 0. The number of rotatable bonds is 5. The van der Waals surface area contributed by atoms with Crippen LogP contribution in [0.4, 0.5) is 0 Å². The van der Waals surface area contributed by atoms with Crippen molar-refractivity contribution in [2.75, 3.05) is 0 Å². The molecule has 0 heterocycles. The summed E-state index contributed by atoms with van der Waals surface area (Å²) in [6.07, 6.45) is 13.4. The predicted molar refractivity (Wildman–Crippen MR) is 119 cm³/mol. The second-order valence-corrected chi connectivity index (χ2v) is 11.3. The van der Waals surface area contributed by atoms with Gasteiger partial charge in [-0.1, -0.05) is 65.4 Å². The van der Waals surface area contributed by atoms with E-state index in [1.165, 1.54) is 37.7 Å². The number of allylic oxidation sites excluding steroid dienone is 1. The van der Waals surface area contributed by atoms with Crippen LogP contribution in [0.15, 0.2) is 11.6 Å². The average Bonchev–Trinajstić information content (AvgIpc) is 3.07. The first kappa shape index (κ1) is 14.7. The highest BCUT2D eigenvalue weighted by Crippen LogP contribution is 2.67. The van der Waals surface area contributed by atoms with Crippen LogP contribution in [0.3, 0.4) is 0 Å². The van der Waals surface area contributed by atoms with Crippen molar-refractivity contribution in [3.63, 3.8) is 0 Å². The standard InChI is InChI=1S/C27H46O/c1-18(2)7-6-8-19(3)23-11-12-24-22-10-9-20-17-21(28)13-15-26(20,4)25(22)14-16-27(23,24)5/h9,18-19,21-25,28H,6-8,10-17H2,1-5H3/t19-,21+,22?,23?,24?,25?,26+,27-/m1/s1/i1D3,2D3.